The first-order valence-corrected chi connectivity index (χ1v) is 3.38. The van der Waals surface area contributed by atoms with Crippen molar-refractivity contribution in [3.8, 4) is 0 Å². The van der Waals surface area contributed by atoms with Crippen LogP contribution >= 0.6 is 0 Å². The molecule has 0 unspecified atom stereocenters. The lowest BCUT2D eigenvalue weighted by Gasteiger charge is -1.96. The molecule has 1 aromatic rings. The van der Waals surface area contributed by atoms with Gasteiger partial charge in [0.05, 0.1) is 6.42 Å². The maximum atomic E-state index is 10.9. The molecular weight excluding hydrogens is 160 g/mol. The number of amides is 1. The second-order valence-electron chi connectivity index (χ2n) is 2.31. The summed E-state index contributed by atoms with van der Waals surface area (Å²) in [4.78, 5) is 21.4. The van der Waals surface area contributed by atoms with Gasteiger partial charge in [0.25, 0.3) is 0 Å². The molecule has 0 aromatic carbocycles. The second-order valence-corrected chi connectivity index (χ2v) is 2.31. The zero-order valence-electron chi connectivity index (χ0n) is 6.53. The van der Waals surface area contributed by atoms with Crippen molar-refractivity contribution in [2.45, 2.75) is 13.3 Å². The van der Waals surface area contributed by atoms with Crippen LogP contribution in [0.15, 0.2) is 16.9 Å². The molecule has 0 saturated heterocycles. The van der Waals surface area contributed by atoms with E-state index in [1.165, 1.54) is 19.3 Å². The molecule has 1 heterocycles. The van der Waals surface area contributed by atoms with Crippen LogP contribution in [0.2, 0.25) is 0 Å². The first kappa shape index (κ1) is 8.45. The topological polar surface area (TPSA) is 72.2 Å². The van der Waals surface area contributed by atoms with Crippen LogP contribution in [0.3, 0.4) is 0 Å². The number of carbonyl (C=O) groups is 2. The summed E-state index contributed by atoms with van der Waals surface area (Å²) in [6, 6.07) is 1.50. The fraction of sp³-hybridized carbons (Fsp3) is 0.286. The molecule has 0 spiro atoms. The SMILES string of the molecule is CC(=O)CC(=O)Nc1ccon1. The highest BCUT2D eigenvalue weighted by atomic mass is 16.5. The molecule has 0 atom stereocenters. The lowest BCUT2D eigenvalue weighted by Crippen LogP contribution is -2.14. The molecule has 0 bridgehead atoms. The molecule has 0 fully saturated rings. The number of hydrogen-bond acceptors (Lipinski definition) is 4. The van der Waals surface area contributed by atoms with E-state index in [1.54, 1.807) is 0 Å². The fourth-order valence-electron chi connectivity index (χ4n) is 0.690. The summed E-state index contributed by atoms with van der Waals surface area (Å²) in [7, 11) is 0. The van der Waals surface area contributed by atoms with Crippen LogP contribution in [0.1, 0.15) is 13.3 Å². The number of carbonyl (C=O) groups excluding carboxylic acids is 2. The minimum absolute atomic E-state index is 0.132. The smallest absolute Gasteiger partial charge is 0.233 e. The van der Waals surface area contributed by atoms with Crippen molar-refractivity contribution in [3.63, 3.8) is 0 Å². The van der Waals surface area contributed by atoms with Crippen LogP contribution in [-0.4, -0.2) is 16.8 Å². The van der Waals surface area contributed by atoms with Crippen LogP contribution in [-0.2, 0) is 9.59 Å². The van der Waals surface area contributed by atoms with Crippen molar-refractivity contribution >= 4 is 17.5 Å². The number of nitrogens with one attached hydrogen (secondary N) is 1. The van der Waals surface area contributed by atoms with Gasteiger partial charge in [-0.25, -0.2) is 0 Å². The molecular formula is C7H8N2O3. The molecule has 0 aliphatic heterocycles. The highest BCUT2D eigenvalue weighted by Gasteiger charge is 2.06. The Kier molecular flexibility index (Phi) is 2.57. The predicted molar refractivity (Wildman–Crippen MR) is 40.4 cm³/mol. The number of anilines is 1. The molecule has 1 aromatic heterocycles. The molecule has 1 amide bonds. The van der Waals surface area contributed by atoms with Crippen LogP contribution in [0, 0.1) is 0 Å². The van der Waals surface area contributed by atoms with Crippen molar-refractivity contribution in [1.82, 2.24) is 5.16 Å². The summed E-state index contributed by atoms with van der Waals surface area (Å²) in [6.07, 6.45) is 1.20. The van der Waals surface area contributed by atoms with Crippen LogP contribution in [0.4, 0.5) is 5.82 Å². The molecule has 12 heavy (non-hydrogen) atoms. The molecule has 64 valence electrons. The number of rotatable bonds is 3. The molecule has 1 rings (SSSR count). The van der Waals surface area contributed by atoms with Gasteiger partial charge in [0.1, 0.15) is 12.0 Å². The number of nitrogens with zero attached hydrogens (tertiary/aromatic N) is 1. The van der Waals surface area contributed by atoms with Crippen LogP contribution in [0.5, 0.6) is 0 Å². The fourth-order valence-corrected chi connectivity index (χ4v) is 0.690. The number of hydrogen-bond donors (Lipinski definition) is 1. The van der Waals surface area contributed by atoms with Crippen LogP contribution in [0.25, 0.3) is 0 Å². The van der Waals surface area contributed by atoms with E-state index in [0.29, 0.717) is 5.82 Å². The van der Waals surface area contributed by atoms with E-state index in [0.717, 1.165) is 0 Å². The summed E-state index contributed by atoms with van der Waals surface area (Å²) in [5.41, 5.74) is 0. The van der Waals surface area contributed by atoms with Gasteiger partial charge in [-0.05, 0) is 6.92 Å². The summed E-state index contributed by atoms with van der Waals surface area (Å²) in [6.45, 7) is 1.35. The molecule has 0 radical (unpaired) electrons. The van der Waals surface area contributed by atoms with Crippen molar-refractivity contribution in [3.05, 3.63) is 12.3 Å². The zero-order valence-corrected chi connectivity index (χ0v) is 6.53. The molecule has 0 aliphatic carbocycles. The Morgan fingerprint density at radius 3 is 2.92 bits per heavy atom. The van der Waals surface area contributed by atoms with E-state index in [2.05, 4.69) is 15.0 Å². The maximum Gasteiger partial charge on any atom is 0.233 e. The minimum atomic E-state index is -0.378. The third-order valence-electron chi connectivity index (χ3n) is 1.11. The molecule has 5 heteroatoms. The van der Waals surface area contributed by atoms with E-state index >= 15 is 0 Å². The van der Waals surface area contributed by atoms with Gasteiger partial charge < -0.3 is 9.84 Å². The van der Waals surface area contributed by atoms with E-state index in [-0.39, 0.29) is 18.1 Å². The van der Waals surface area contributed by atoms with Crippen molar-refractivity contribution < 1.29 is 14.1 Å². The van der Waals surface area contributed by atoms with Gasteiger partial charge in [-0.15, -0.1) is 0 Å². The highest BCUT2D eigenvalue weighted by Crippen LogP contribution is 2.01. The first-order chi connectivity index (χ1) is 5.68. The number of Topliss-reactive ketones (excluding diaryl/α,β-unsaturated/α-hetero) is 1. The summed E-state index contributed by atoms with van der Waals surface area (Å²) < 4.78 is 4.47. The van der Waals surface area contributed by atoms with E-state index in [1.807, 2.05) is 0 Å². The van der Waals surface area contributed by atoms with Gasteiger partial charge in [-0.2, -0.15) is 0 Å². The van der Waals surface area contributed by atoms with Gasteiger partial charge in [0.15, 0.2) is 5.82 Å². The summed E-state index contributed by atoms with van der Waals surface area (Å²) in [5.74, 6) is -0.242. The molecule has 5 nitrogen and oxygen atoms in total. The number of aromatic nitrogens is 1. The van der Waals surface area contributed by atoms with Gasteiger partial charge >= 0.3 is 0 Å². The average molecular weight is 168 g/mol. The Balaban J connectivity index is 2.42. The average Bonchev–Trinajstić information content (AvgIpc) is 2.37. The lowest BCUT2D eigenvalue weighted by atomic mass is 10.3. The molecule has 1 N–H and O–H groups in total. The summed E-state index contributed by atoms with van der Waals surface area (Å²) in [5, 5.41) is 5.83. The van der Waals surface area contributed by atoms with Crippen molar-refractivity contribution in [2.75, 3.05) is 5.32 Å². The minimum Gasteiger partial charge on any atom is -0.363 e. The Hall–Kier alpha value is -1.65. The van der Waals surface area contributed by atoms with Gasteiger partial charge in [0.2, 0.25) is 5.91 Å². The molecule has 0 aliphatic rings. The maximum absolute atomic E-state index is 10.9. The Morgan fingerprint density at radius 1 is 1.67 bits per heavy atom. The Labute approximate surface area is 68.7 Å². The van der Waals surface area contributed by atoms with Crippen molar-refractivity contribution in [1.29, 1.82) is 0 Å². The van der Waals surface area contributed by atoms with E-state index in [9.17, 15) is 9.59 Å². The largest absolute Gasteiger partial charge is 0.363 e. The quantitative estimate of drug-likeness (QED) is 0.670. The standard InChI is InChI=1S/C7H8N2O3/c1-5(10)4-7(11)8-6-2-3-12-9-6/h2-3H,4H2,1H3,(H,8,9,11). The predicted octanol–water partition coefficient (Wildman–Crippen LogP) is 0.592. The van der Waals surface area contributed by atoms with Crippen LogP contribution < -0.4 is 5.32 Å². The normalized spacial score (nSPS) is 9.42. The van der Waals surface area contributed by atoms with Gasteiger partial charge in [-0.1, -0.05) is 5.16 Å². The highest BCUT2D eigenvalue weighted by molar-refractivity contribution is 6.03. The third kappa shape index (κ3) is 2.53. The summed E-state index contributed by atoms with van der Waals surface area (Å²) >= 11 is 0. The monoisotopic (exact) mass is 168 g/mol. The first-order valence-electron chi connectivity index (χ1n) is 3.38. The Morgan fingerprint density at radius 2 is 2.42 bits per heavy atom. The zero-order chi connectivity index (χ0) is 8.97. The van der Waals surface area contributed by atoms with Crippen molar-refractivity contribution in [2.24, 2.45) is 0 Å². The number of ketones is 1. The Bertz CT molecular complexity index is 279. The third-order valence-corrected chi connectivity index (χ3v) is 1.11. The van der Waals surface area contributed by atoms with Gasteiger partial charge in [-0.3, -0.25) is 9.59 Å². The van der Waals surface area contributed by atoms with E-state index < -0.39 is 0 Å². The lowest BCUT2D eigenvalue weighted by molar-refractivity contribution is -0.124. The van der Waals surface area contributed by atoms with E-state index in [4.69, 9.17) is 0 Å². The molecule has 0 saturated carbocycles. The second kappa shape index (κ2) is 3.66. The van der Waals surface area contributed by atoms with Gasteiger partial charge in [0, 0.05) is 6.07 Å².